The molecule has 152 valence electrons. The molecule has 0 aliphatic carbocycles. The highest BCUT2D eigenvalue weighted by atomic mass is 35.5. The second-order valence-electron chi connectivity index (χ2n) is 5.22. The monoisotopic (exact) mass is 452 g/mol. The maximum Gasteiger partial charge on any atom is 0.236 e. The van der Waals surface area contributed by atoms with Gasteiger partial charge in [0, 0.05) is 13.1 Å². The van der Waals surface area contributed by atoms with Gasteiger partial charge in [-0.2, -0.15) is 10.5 Å². The third-order valence-electron chi connectivity index (χ3n) is 3.12. The Labute approximate surface area is 184 Å². The molecule has 0 saturated heterocycles. The Bertz CT molecular complexity index is 842. The van der Waals surface area contributed by atoms with Crippen LogP contribution in [-0.2, 0) is 22.7 Å². The first-order valence-electron chi connectivity index (χ1n) is 8.15. The van der Waals surface area contributed by atoms with E-state index < -0.39 is 5.24 Å². The summed E-state index contributed by atoms with van der Waals surface area (Å²) >= 11 is 14.9. The van der Waals surface area contributed by atoms with Gasteiger partial charge in [-0.25, -0.2) is 0 Å². The molecule has 0 aliphatic heterocycles. The van der Waals surface area contributed by atoms with Crippen molar-refractivity contribution in [2.75, 3.05) is 11.8 Å². The van der Waals surface area contributed by atoms with Crippen LogP contribution in [0.4, 0.5) is 0 Å². The van der Waals surface area contributed by atoms with E-state index in [1.807, 2.05) is 24.3 Å². The largest absolute Gasteiger partial charge is 0.351 e. The molecule has 0 radical (unpaired) electrons. The fourth-order valence-corrected chi connectivity index (χ4v) is 1.75. The smallest absolute Gasteiger partial charge is 0.236 e. The lowest BCUT2D eigenvalue weighted by Crippen LogP contribution is -2.23. The Morgan fingerprint density at radius 1 is 0.862 bits per heavy atom. The zero-order valence-corrected chi connectivity index (χ0v) is 17.6. The Hall–Kier alpha value is -2.61. The van der Waals surface area contributed by atoms with E-state index in [1.165, 1.54) is 0 Å². The first-order chi connectivity index (χ1) is 13.9. The van der Waals surface area contributed by atoms with Crippen LogP contribution in [0, 0.1) is 22.7 Å². The first kappa shape index (κ1) is 26.4. The molecule has 29 heavy (non-hydrogen) atoms. The minimum Gasteiger partial charge on any atom is -0.351 e. The van der Waals surface area contributed by atoms with Crippen molar-refractivity contribution in [2.45, 2.75) is 13.1 Å². The van der Waals surface area contributed by atoms with Crippen molar-refractivity contribution in [3.8, 4) is 12.1 Å². The van der Waals surface area contributed by atoms with Crippen LogP contribution in [0.2, 0.25) is 0 Å². The lowest BCUT2D eigenvalue weighted by molar-refractivity contribution is -0.118. The van der Waals surface area contributed by atoms with Crippen molar-refractivity contribution in [2.24, 2.45) is 5.73 Å². The average Bonchev–Trinajstić information content (AvgIpc) is 2.78. The molecule has 0 spiro atoms. The zero-order chi connectivity index (χ0) is 22.1. The van der Waals surface area contributed by atoms with E-state index in [-0.39, 0.29) is 17.7 Å². The van der Waals surface area contributed by atoms with Gasteiger partial charge in [0.2, 0.25) is 11.1 Å². The van der Waals surface area contributed by atoms with Crippen molar-refractivity contribution in [1.82, 2.24) is 5.32 Å². The fourth-order valence-electron chi connectivity index (χ4n) is 1.66. The first-order valence-corrected chi connectivity index (χ1v) is 9.59. The van der Waals surface area contributed by atoms with Crippen LogP contribution in [0.1, 0.15) is 22.3 Å². The van der Waals surface area contributed by atoms with Crippen molar-refractivity contribution in [3.63, 3.8) is 0 Å². The van der Waals surface area contributed by atoms with Gasteiger partial charge in [0.05, 0.1) is 29.1 Å². The third kappa shape index (κ3) is 13.2. The van der Waals surface area contributed by atoms with Gasteiger partial charge < -0.3 is 11.1 Å². The molecule has 2 rings (SSSR count). The quantitative estimate of drug-likeness (QED) is 0.531. The summed E-state index contributed by atoms with van der Waals surface area (Å²) in [5.74, 6) is -0.325. The van der Waals surface area contributed by atoms with Crippen molar-refractivity contribution < 1.29 is 9.59 Å². The molecule has 0 saturated carbocycles. The number of rotatable bonds is 5. The second-order valence-corrected chi connectivity index (χ2v) is 6.18. The number of nitrogens with two attached hydrogens (primary N) is 1. The molecular weight excluding hydrogens is 435 g/mol. The van der Waals surface area contributed by atoms with Crippen LogP contribution in [0.15, 0.2) is 48.5 Å². The molecule has 0 aromatic heterocycles. The van der Waals surface area contributed by atoms with Gasteiger partial charge in [0.15, 0.2) is 0 Å². The number of nitrogens with one attached hydrogen (secondary N) is 1. The van der Waals surface area contributed by atoms with Gasteiger partial charge in [-0.3, -0.25) is 9.59 Å². The summed E-state index contributed by atoms with van der Waals surface area (Å²) in [5.41, 5.74) is 8.65. The summed E-state index contributed by atoms with van der Waals surface area (Å²) in [6, 6.07) is 18.3. The number of nitriles is 2. The highest BCUT2D eigenvalue weighted by Gasteiger charge is 1.98. The number of benzene rings is 2. The topological polar surface area (TPSA) is 120 Å². The third-order valence-corrected chi connectivity index (χ3v) is 3.87. The van der Waals surface area contributed by atoms with E-state index in [0.29, 0.717) is 24.2 Å². The number of carbonyl (C=O) groups excluding carboxylic acids is 2. The molecule has 0 heterocycles. The van der Waals surface area contributed by atoms with Crippen molar-refractivity contribution >= 4 is 46.0 Å². The Morgan fingerprint density at radius 2 is 1.28 bits per heavy atom. The van der Waals surface area contributed by atoms with E-state index in [4.69, 9.17) is 51.1 Å². The lowest BCUT2D eigenvalue weighted by atomic mass is 10.1. The molecule has 2 aromatic carbocycles. The zero-order valence-electron chi connectivity index (χ0n) is 15.4. The number of amides is 1. The molecular formula is C20H19Cl3N4O2. The second kappa shape index (κ2) is 16.4. The number of hydrogen-bond acceptors (Lipinski definition) is 5. The molecule has 2 aromatic rings. The van der Waals surface area contributed by atoms with Crippen LogP contribution in [0.5, 0.6) is 0 Å². The molecule has 0 atom stereocenters. The van der Waals surface area contributed by atoms with Gasteiger partial charge in [-0.15, -0.1) is 23.2 Å². The van der Waals surface area contributed by atoms with Gasteiger partial charge in [0.25, 0.3) is 0 Å². The standard InChI is InChI=1S/C10H9ClN2O.C8H8N2.C2H2Cl2O/c11-5-10(14)13-7-9-3-1-8(6-12)2-4-9;9-5-7-1-2-8(6-10)4-3-7;3-1-2(4)5/h1-4H,5,7H2,(H,13,14);1-4H,5,9H2;1H2. The summed E-state index contributed by atoms with van der Waals surface area (Å²) in [5, 5.41) is 19.1. The van der Waals surface area contributed by atoms with E-state index in [9.17, 15) is 9.59 Å². The molecule has 0 fully saturated rings. The number of carbonyl (C=O) groups is 2. The van der Waals surface area contributed by atoms with Crippen LogP contribution >= 0.6 is 34.8 Å². The highest BCUT2D eigenvalue weighted by Crippen LogP contribution is 2.03. The van der Waals surface area contributed by atoms with Gasteiger partial charge in [-0.1, -0.05) is 24.3 Å². The Morgan fingerprint density at radius 3 is 1.59 bits per heavy atom. The lowest BCUT2D eigenvalue weighted by Gasteiger charge is -2.02. The number of alkyl halides is 2. The summed E-state index contributed by atoms with van der Waals surface area (Å²) in [4.78, 5) is 20.3. The maximum absolute atomic E-state index is 10.8. The molecule has 6 nitrogen and oxygen atoms in total. The normalized spacial score (nSPS) is 8.76. The minimum atomic E-state index is -0.508. The van der Waals surface area contributed by atoms with E-state index in [1.54, 1.807) is 36.4 Å². The predicted octanol–water partition coefficient (Wildman–Crippen LogP) is 3.42. The van der Waals surface area contributed by atoms with Crippen molar-refractivity contribution in [3.05, 3.63) is 70.8 Å². The molecule has 0 bridgehead atoms. The fraction of sp³-hybridized carbons (Fsp3) is 0.200. The summed E-state index contributed by atoms with van der Waals surface area (Å²) in [7, 11) is 0. The Kier molecular flexibility index (Phi) is 14.9. The van der Waals surface area contributed by atoms with E-state index in [2.05, 4.69) is 5.32 Å². The van der Waals surface area contributed by atoms with Crippen LogP contribution in [0.25, 0.3) is 0 Å². The van der Waals surface area contributed by atoms with Crippen LogP contribution in [0.3, 0.4) is 0 Å². The average molecular weight is 454 g/mol. The number of hydrogen-bond donors (Lipinski definition) is 2. The maximum atomic E-state index is 10.8. The number of halogens is 3. The molecule has 1 amide bonds. The summed E-state index contributed by atoms with van der Waals surface area (Å²) < 4.78 is 0. The van der Waals surface area contributed by atoms with Gasteiger partial charge >= 0.3 is 0 Å². The molecule has 3 N–H and O–H groups in total. The SMILES string of the molecule is N#Cc1ccc(CN)cc1.N#Cc1ccc(CNC(=O)CCl)cc1.O=C(Cl)CCl. The highest BCUT2D eigenvalue weighted by molar-refractivity contribution is 6.67. The van der Waals surface area contributed by atoms with Crippen LogP contribution < -0.4 is 11.1 Å². The molecule has 0 aliphatic rings. The van der Waals surface area contributed by atoms with E-state index >= 15 is 0 Å². The van der Waals surface area contributed by atoms with Gasteiger partial charge in [0.1, 0.15) is 5.88 Å². The summed E-state index contributed by atoms with van der Waals surface area (Å²) in [6.07, 6.45) is 0. The molecule has 9 heteroatoms. The van der Waals surface area contributed by atoms with Crippen molar-refractivity contribution in [1.29, 1.82) is 10.5 Å². The van der Waals surface area contributed by atoms with Crippen LogP contribution in [-0.4, -0.2) is 22.9 Å². The van der Waals surface area contributed by atoms with Gasteiger partial charge in [-0.05, 0) is 47.0 Å². The minimum absolute atomic E-state index is 0.0315. The summed E-state index contributed by atoms with van der Waals surface area (Å²) in [6.45, 7) is 0.975. The molecule has 0 unspecified atom stereocenters. The predicted molar refractivity (Wildman–Crippen MR) is 114 cm³/mol. The number of nitrogens with zero attached hydrogens (tertiary/aromatic N) is 2. The Balaban J connectivity index is 0.000000455. The van der Waals surface area contributed by atoms with E-state index in [0.717, 1.165) is 11.1 Å².